The van der Waals surface area contributed by atoms with Gasteiger partial charge < -0.3 is 10.5 Å². The van der Waals surface area contributed by atoms with Gasteiger partial charge in [0.2, 0.25) is 0 Å². The zero-order valence-electron chi connectivity index (χ0n) is 9.08. The maximum Gasteiger partial charge on any atom is 0.165 e. The Bertz CT molecular complexity index is 374. The molecule has 0 fully saturated rings. The zero-order valence-corrected chi connectivity index (χ0v) is 9.08. The molecule has 0 radical (unpaired) electrons. The van der Waals surface area contributed by atoms with Crippen molar-refractivity contribution in [2.75, 3.05) is 6.61 Å². The molecule has 4 heteroatoms. The number of benzene rings is 1. The van der Waals surface area contributed by atoms with Gasteiger partial charge in [0.15, 0.2) is 11.6 Å². The molecular formula is C12H15FN2O. The van der Waals surface area contributed by atoms with Crippen LogP contribution in [0.25, 0.3) is 0 Å². The van der Waals surface area contributed by atoms with Gasteiger partial charge in [0.05, 0.1) is 12.7 Å². The molecule has 0 aliphatic carbocycles. The monoisotopic (exact) mass is 222 g/mol. The Morgan fingerprint density at radius 3 is 2.81 bits per heavy atom. The van der Waals surface area contributed by atoms with Crippen LogP contribution in [0.5, 0.6) is 5.75 Å². The summed E-state index contributed by atoms with van der Waals surface area (Å²) in [7, 11) is 0. The Morgan fingerprint density at radius 1 is 1.38 bits per heavy atom. The van der Waals surface area contributed by atoms with Crippen LogP contribution in [0, 0.1) is 17.1 Å². The molecule has 1 aromatic rings. The fraction of sp³-hybridized carbons (Fsp3) is 0.417. The van der Waals surface area contributed by atoms with Crippen LogP contribution in [-0.2, 0) is 6.54 Å². The van der Waals surface area contributed by atoms with Gasteiger partial charge in [-0.25, -0.2) is 4.39 Å². The third-order valence-electron chi connectivity index (χ3n) is 2.17. The van der Waals surface area contributed by atoms with Crippen molar-refractivity contribution in [3.8, 4) is 11.8 Å². The van der Waals surface area contributed by atoms with Gasteiger partial charge in [-0.3, -0.25) is 0 Å². The van der Waals surface area contributed by atoms with Gasteiger partial charge >= 0.3 is 0 Å². The van der Waals surface area contributed by atoms with Gasteiger partial charge in [-0.05, 0) is 30.5 Å². The molecule has 0 heterocycles. The molecule has 0 saturated heterocycles. The third kappa shape index (κ3) is 3.87. The number of ether oxygens (including phenoxy) is 1. The first-order valence-electron chi connectivity index (χ1n) is 5.26. The van der Waals surface area contributed by atoms with E-state index in [1.54, 1.807) is 12.1 Å². The lowest BCUT2D eigenvalue weighted by Gasteiger charge is -2.07. The Hall–Kier alpha value is -1.60. The minimum absolute atomic E-state index is 0.245. The number of rotatable bonds is 6. The highest BCUT2D eigenvalue weighted by molar-refractivity contribution is 5.29. The van der Waals surface area contributed by atoms with Crippen LogP contribution >= 0.6 is 0 Å². The van der Waals surface area contributed by atoms with Gasteiger partial charge in [0, 0.05) is 13.0 Å². The Kier molecular flexibility index (Phi) is 5.30. The highest BCUT2D eigenvalue weighted by atomic mass is 19.1. The molecule has 0 bridgehead atoms. The molecule has 0 aromatic heterocycles. The van der Waals surface area contributed by atoms with E-state index in [0.29, 0.717) is 19.6 Å². The minimum Gasteiger partial charge on any atom is -0.491 e. The smallest absolute Gasteiger partial charge is 0.165 e. The van der Waals surface area contributed by atoms with Gasteiger partial charge in [-0.15, -0.1) is 0 Å². The second-order valence-corrected chi connectivity index (χ2v) is 3.43. The maximum absolute atomic E-state index is 13.4. The molecule has 0 spiro atoms. The number of nitrogens with two attached hydrogens (primary N) is 1. The van der Waals surface area contributed by atoms with Crippen LogP contribution in [-0.4, -0.2) is 6.61 Å². The van der Waals surface area contributed by atoms with Crippen LogP contribution in [0.1, 0.15) is 24.8 Å². The number of nitrogens with zero attached hydrogens (tertiary/aromatic N) is 1. The molecule has 3 nitrogen and oxygen atoms in total. The van der Waals surface area contributed by atoms with E-state index in [2.05, 4.69) is 0 Å². The fourth-order valence-electron chi connectivity index (χ4n) is 1.28. The van der Waals surface area contributed by atoms with Crippen molar-refractivity contribution in [1.82, 2.24) is 0 Å². The topological polar surface area (TPSA) is 59.0 Å². The predicted octanol–water partition coefficient (Wildman–Crippen LogP) is 2.36. The summed E-state index contributed by atoms with van der Waals surface area (Å²) in [5.74, 6) is -0.141. The highest BCUT2D eigenvalue weighted by Crippen LogP contribution is 2.18. The number of unbranched alkanes of at least 4 members (excludes halogenated alkanes) is 2. The first-order valence-corrected chi connectivity index (χ1v) is 5.26. The van der Waals surface area contributed by atoms with Gasteiger partial charge in [0.1, 0.15) is 0 Å². The van der Waals surface area contributed by atoms with Crippen molar-refractivity contribution < 1.29 is 9.13 Å². The Labute approximate surface area is 94.6 Å². The predicted molar refractivity (Wildman–Crippen MR) is 59.3 cm³/mol. The minimum atomic E-state index is -0.386. The second kappa shape index (κ2) is 6.81. The average molecular weight is 222 g/mol. The van der Waals surface area contributed by atoms with Crippen molar-refractivity contribution in [2.45, 2.75) is 25.8 Å². The summed E-state index contributed by atoms with van der Waals surface area (Å²) in [6, 6.07) is 6.76. The first-order chi connectivity index (χ1) is 7.77. The summed E-state index contributed by atoms with van der Waals surface area (Å²) in [6.45, 7) is 0.750. The maximum atomic E-state index is 13.4. The van der Waals surface area contributed by atoms with E-state index in [4.69, 9.17) is 15.7 Å². The van der Waals surface area contributed by atoms with Crippen LogP contribution in [0.3, 0.4) is 0 Å². The molecule has 16 heavy (non-hydrogen) atoms. The fourth-order valence-corrected chi connectivity index (χ4v) is 1.28. The molecule has 0 saturated carbocycles. The van der Waals surface area contributed by atoms with Crippen LogP contribution in [0.15, 0.2) is 18.2 Å². The van der Waals surface area contributed by atoms with E-state index in [1.807, 2.05) is 6.07 Å². The summed E-state index contributed by atoms with van der Waals surface area (Å²) in [6.07, 6.45) is 2.04. The molecule has 0 aliphatic heterocycles. The number of halogens is 1. The van der Waals surface area contributed by atoms with E-state index >= 15 is 0 Å². The van der Waals surface area contributed by atoms with Crippen molar-refractivity contribution >= 4 is 0 Å². The van der Waals surface area contributed by atoms with Crippen LogP contribution in [0.4, 0.5) is 4.39 Å². The van der Waals surface area contributed by atoms with E-state index in [9.17, 15) is 4.39 Å². The lowest BCUT2D eigenvalue weighted by molar-refractivity contribution is 0.292. The van der Waals surface area contributed by atoms with Crippen molar-refractivity contribution in [3.05, 3.63) is 29.6 Å². The van der Waals surface area contributed by atoms with Crippen LogP contribution < -0.4 is 10.5 Å². The largest absolute Gasteiger partial charge is 0.491 e. The number of hydrogen-bond donors (Lipinski definition) is 1. The van der Waals surface area contributed by atoms with E-state index < -0.39 is 0 Å². The molecule has 86 valence electrons. The Balaban J connectivity index is 2.40. The van der Waals surface area contributed by atoms with Crippen LogP contribution in [0.2, 0.25) is 0 Å². The molecule has 0 amide bonds. The number of hydrogen-bond acceptors (Lipinski definition) is 3. The highest BCUT2D eigenvalue weighted by Gasteiger charge is 2.03. The molecule has 0 unspecified atom stereocenters. The molecule has 0 aliphatic rings. The average Bonchev–Trinajstić information content (AvgIpc) is 2.30. The normalized spacial score (nSPS) is 9.81. The standard InChI is InChI=1S/C12H15FN2O/c13-11-8-10(9-15)4-5-12(11)16-7-3-1-2-6-14/h4-5,8H,1-3,7,9,15H2. The van der Waals surface area contributed by atoms with Crippen molar-refractivity contribution in [3.63, 3.8) is 0 Å². The van der Waals surface area contributed by atoms with Crippen molar-refractivity contribution in [1.29, 1.82) is 5.26 Å². The molecule has 1 rings (SSSR count). The first kappa shape index (κ1) is 12.5. The molecule has 2 N–H and O–H groups in total. The quantitative estimate of drug-likeness (QED) is 0.751. The van der Waals surface area contributed by atoms with Crippen molar-refractivity contribution in [2.24, 2.45) is 5.73 Å². The van der Waals surface area contributed by atoms with Gasteiger partial charge in [0.25, 0.3) is 0 Å². The second-order valence-electron chi connectivity index (χ2n) is 3.43. The van der Waals surface area contributed by atoms with Gasteiger partial charge in [-0.1, -0.05) is 6.07 Å². The van der Waals surface area contributed by atoms with E-state index in [-0.39, 0.29) is 11.6 Å². The van der Waals surface area contributed by atoms with E-state index in [1.165, 1.54) is 6.07 Å². The molecule has 0 atom stereocenters. The summed E-state index contributed by atoms with van der Waals surface area (Å²) >= 11 is 0. The molecule has 1 aromatic carbocycles. The summed E-state index contributed by atoms with van der Waals surface area (Å²) < 4.78 is 18.6. The lowest BCUT2D eigenvalue weighted by atomic mass is 10.2. The summed E-state index contributed by atoms with van der Waals surface area (Å²) in [5.41, 5.74) is 6.13. The van der Waals surface area contributed by atoms with Gasteiger partial charge in [-0.2, -0.15) is 5.26 Å². The zero-order chi connectivity index (χ0) is 11.8. The molecular weight excluding hydrogens is 207 g/mol. The number of nitriles is 1. The summed E-state index contributed by atoms with van der Waals surface area (Å²) in [4.78, 5) is 0. The SMILES string of the molecule is N#CCCCCOc1ccc(CN)cc1F. The van der Waals surface area contributed by atoms with E-state index in [0.717, 1.165) is 18.4 Å². The Morgan fingerprint density at radius 2 is 2.19 bits per heavy atom. The third-order valence-corrected chi connectivity index (χ3v) is 2.17. The summed E-state index contributed by atoms with van der Waals surface area (Å²) in [5, 5.41) is 8.32. The lowest BCUT2D eigenvalue weighted by Crippen LogP contribution is -2.01.